The highest BCUT2D eigenvalue weighted by Gasteiger charge is 2.68. The van der Waals surface area contributed by atoms with Gasteiger partial charge in [0.05, 0.1) is 6.10 Å². The second kappa shape index (κ2) is 5.75. The van der Waals surface area contributed by atoms with Crippen LogP contribution in [0, 0.1) is 34.5 Å². The van der Waals surface area contributed by atoms with Gasteiger partial charge < -0.3 is 10.1 Å². The van der Waals surface area contributed by atoms with E-state index in [2.05, 4.69) is 46.9 Å². The molecule has 1 N–H and O–H groups in total. The average molecular weight is 322 g/mol. The maximum atomic E-state index is 12.5. The number of hydrogen-bond donors (Lipinski definition) is 1. The first-order valence-corrected chi connectivity index (χ1v) is 9.59. The monoisotopic (exact) mass is 321 g/mol. The highest BCUT2D eigenvalue weighted by molar-refractivity contribution is 5.76. The van der Waals surface area contributed by atoms with E-state index in [4.69, 9.17) is 4.74 Å². The van der Waals surface area contributed by atoms with Crippen LogP contribution in [0.3, 0.4) is 0 Å². The minimum Gasteiger partial charge on any atom is -0.378 e. The highest BCUT2D eigenvalue weighted by atomic mass is 16.5. The van der Waals surface area contributed by atoms with Crippen LogP contribution in [0.1, 0.15) is 67.2 Å². The van der Waals surface area contributed by atoms with Crippen molar-refractivity contribution in [2.45, 2.75) is 79.4 Å². The number of nitrogens with one attached hydrogen (secondary N) is 1. The maximum absolute atomic E-state index is 12.5. The van der Waals surface area contributed by atoms with Gasteiger partial charge in [-0.15, -0.1) is 0 Å². The molecule has 2 bridgehead atoms. The van der Waals surface area contributed by atoms with Gasteiger partial charge in [-0.05, 0) is 53.8 Å². The topological polar surface area (TPSA) is 38.3 Å². The Morgan fingerprint density at radius 3 is 2.57 bits per heavy atom. The van der Waals surface area contributed by atoms with Crippen LogP contribution in [-0.4, -0.2) is 24.7 Å². The number of ether oxygens (including phenoxy) is 1. The SMILES string of the molecule is CC(C)CC(=O)N[C@@H]1C(C)(C)[C@@H]2C[C@@H]3[C@@H](C(C)C)OCC[C@@]31C2. The molecular formula is C20H35NO2. The lowest BCUT2D eigenvalue weighted by atomic mass is 9.58. The third-order valence-electron chi connectivity index (χ3n) is 7.10. The van der Waals surface area contributed by atoms with Crippen molar-refractivity contribution in [2.24, 2.45) is 34.5 Å². The quantitative estimate of drug-likeness (QED) is 0.849. The summed E-state index contributed by atoms with van der Waals surface area (Å²) < 4.78 is 6.17. The Kier molecular flexibility index (Phi) is 4.32. The van der Waals surface area contributed by atoms with Gasteiger partial charge >= 0.3 is 0 Å². The van der Waals surface area contributed by atoms with Gasteiger partial charge in [0.25, 0.3) is 0 Å². The molecule has 1 spiro atoms. The van der Waals surface area contributed by atoms with Crippen LogP contribution < -0.4 is 5.32 Å². The second-order valence-electron chi connectivity index (χ2n) is 9.73. The standard InChI is InChI=1S/C20H35NO2/c1-12(2)9-16(22)21-18-19(5,6)14-10-15-17(13(3)4)23-8-7-20(15,18)11-14/h12-15,17-18H,7-11H2,1-6H3,(H,21,22)/t14-,15-,17-,18-,20-/m1/s1. The van der Waals surface area contributed by atoms with Crippen LogP contribution in [0.5, 0.6) is 0 Å². The normalized spacial score (nSPS) is 41.4. The molecule has 0 radical (unpaired) electrons. The molecule has 2 aliphatic carbocycles. The third kappa shape index (κ3) is 2.63. The van der Waals surface area contributed by atoms with Crippen molar-refractivity contribution in [2.75, 3.05) is 6.61 Å². The summed E-state index contributed by atoms with van der Waals surface area (Å²) in [5.74, 6) is 2.57. The van der Waals surface area contributed by atoms with E-state index in [0.717, 1.165) is 18.9 Å². The van der Waals surface area contributed by atoms with Crippen LogP contribution in [0.25, 0.3) is 0 Å². The molecule has 5 atom stereocenters. The van der Waals surface area contributed by atoms with Gasteiger partial charge in [-0.25, -0.2) is 0 Å². The number of fused-ring (bicyclic) bond motifs is 1. The molecule has 132 valence electrons. The molecule has 3 rings (SSSR count). The predicted octanol–water partition coefficient (Wildman–Crippen LogP) is 4.01. The van der Waals surface area contributed by atoms with Gasteiger partial charge in [-0.1, -0.05) is 41.5 Å². The molecule has 2 saturated carbocycles. The lowest BCUT2D eigenvalue weighted by molar-refractivity contribution is -0.144. The molecule has 23 heavy (non-hydrogen) atoms. The van der Waals surface area contributed by atoms with Crippen LogP contribution in [0.4, 0.5) is 0 Å². The Balaban J connectivity index is 1.87. The zero-order valence-corrected chi connectivity index (χ0v) is 15.8. The lowest BCUT2D eigenvalue weighted by Crippen LogP contribution is -2.60. The zero-order valence-electron chi connectivity index (χ0n) is 15.8. The molecule has 3 heteroatoms. The van der Waals surface area contributed by atoms with Crippen LogP contribution in [-0.2, 0) is 9.53 Å². The Labute approximate surface area is 141 Å². The maximum Gasteiger partial charge on any atom is 0.220 e. The molecule has 1 amide bonds. The molecule has 1 heterocycles. The van der Waals surface area contributed by atoms with E-state index >= 15 is 0 Å². The Morgan fingerprint density at radius 1 is 1.26 bits per heavy atom. The average Bonchev–Trinajstić information content (AvgIpc) is 2.91. The summed E-state index contributed by atoms with van der Waals surface area (Å²) in [6, 6.07) is 0.315. The van der Waals surface area contributed by atoms with E-state index in [0.29, 0.717) is 36.3 Å². The number of carbonyl (C=O) groups is 1. The van der Waals surface area contributed by atoms with Crippen LogP contribution in [0.2, 0.25) is 0 Å². The molecule has 0 aromatic carbocycles. The smallest absolute Gasteiger partial charge is 0.220 e. The summed E-state index contributed by atoms with van der Waals surface area (Å²) in [4.78, 5) is 12.5. The van der Waals surface area contributed by atoms with E-state index in [9.17, 15) is 4.79 Å². The van der Waals surface area contributed by atoms with Crippen molar-refractivity contribution in [1.29, 1.82) is 0 Å². The van der Waals surface area contributed by atoms with Gasteiger partial charge in [0.1, 0.15) is 0 Å². The molecule has 3 nitrogen and oxygen atoms in total. The van der Waals surface area contributed by atoms with Gasteiger partial charge in [-0.3, -0.25) is 4.79 Å². The van der Waals surface area contributed by atoms with Gasteiger partial charge in [0.15, 0.2) is 0 Å². The molecule has 3 fully saturated rings. The fourth-order valence-corrected chi connectivity index (χ4v) is 6.08. The van der Waals surface area contributed by atoms with E-state index < -0.39 is 0 Å². The largest absolute Gasteiger partial charge is 0.378 e. The molecule has 0 unspecified atom stereocenters. The number of rotatable bonds is 4. The summed E-state index contributed by atoms with van der Waals surface area (Å²) in [5.41, 5.74) is 0.482. The number of carbonyl (C=O) groups excluding carboxylic acids is 1. The van der Waals surface area contributed by atoms with Gasteiger partial charge in [0, 0.05) is 19.1 Å². The van der Waals surface area contributed by atoms with Crippen molar-refractivity contribution in [3.63, 3.8) is 0 Å². The summed E-state index contributed by atoms with van der Waals surface area (Å²) in [6.45, 7) is 14.4. The first-order valence-electron chi connectivity index (χ1n) is 9.59. The predicted molar refractivity (Wildman–Crippen MR) is 93.0 cm³/mol. The van der Waals surface area contributed by atoms with E-state index in [-0.39, 0.29) is 16.7 Å². The number of hydrogen-bond acceptors (Lipinski definition) is 2. The second-order valence-corrected chi connectivity index (χ2v) is 9.73. The van der Waals surface area contributed by atoms with E-state index in [1.807, 2.05) is 0 Å². The van der Waals surface area contributed by atoms with Crippen molar-refractivity contribution < 1.29 is 9.53 Å². The highest BCUT2D eigenvalue weighted by Crippen LogP contribution is 2.69. The summed E-state index contributed by atoms with van der Waals surface area (Å²) in [5, 5.41) is 3.49. The molecule has 1 aliphatic heterocycles. The van der Waals surface area contributed by atoms with Crippen molar-refractivity contribution >= 4 is 5.91 Å². The first kappa shape index (κ1) is 17.3. The Bertz CT molecular complexity index is 470. The molecule has 0 aromatic rings. The molecule has 1 saturated heterocycles. The fraction of sp³-hybridized carbons (Fsp3) is 0.950. The van der Waals surface area contributed by atoms with E-state index in [1.54, 1.807) is 0 Å². The summed E-state index contributed by atoms with van der Waals surface area (Å²) >= 11 is 0. The number of amides is 1. The fourth-order valence-electron chi connectivity index (χ4n) is 6.08. The van der Waals surface area contributed by atoms with Crippen LogP contribution in [0.15, 0.2) is 0 Å². The summed E-state index contributed by atoms with van der Waals surface area (Å²) in [6.07, 6.45) is 4.69. The van der Waals surface area contributed by atoms with Gasteiger partial charge in [0.2, 0.25) is 5.91 Å². The van der Waals surface area contributed by atoms with E-state index in [1.165, 1.54) is 12.8 Å². The third-order valence-corrected chi connectivity index (χ3v) is 7.10. The van der Waals surface area contributed by atoms with Crippen molar-refractivity contribution in [3.8, 4) is 0 Å². The lowest BCUT2D eigenvalue weighted by Gasteiger charge is -2.54. The van der Waals surface area contributed by atoms with Crippen molar-refractivity contribution in [3.05, 3.63) is 0 Å². The zero-order chi connectivity index (χ0) is 17.0. The minimum absolute atomic E-state index is 0.210. The first-order chi connectivity index (χ1) is 10.7. The summed E-state index contributed by atoms with van der Waals surface area (Å²) in [7, 11) is 0. The Morgan fingerprint density at radius 2 is 1.96 bits per heavy atom. The van der Waals surface area contributed by atoms with Gasteiger partial charge in [-0.2, -0.15) is 0 Å². The van der Waals surface area contributed by atoms with Crippen LogP contribution >= 0.6 is 0 Å². The van der Waals surface area contributed by atoms with Crippen molar-refractivity contribution in [1.82, 2.24) is 5.32 Å². The molecule has 0 aromatic heterocycles. The molecule has 3 aliphatic rings. The molecular weight excluding hydrogens is 286 g/mol. The minimum atomic E-state index is 0.210. The Hall–Kier alpha value is -0.570.